The van der Waals surface area contributed by atoms with Crippen molar-refractivity contribution in [3.63, 3.8) is 0 Å². The van der Waals surface area contributed by atoms with Gasteiger partial charge in [0.2, 0.25) is 15.9 Å². The van der Waals surface area contributed by atoms with Gasteiger partial charge in [0.15, 0.2) is 0 Å². The maximum Gasteiger partial charge on any atom is 0.243 e. The number of sulfonamides is 1. The zero-order valence-corrected chi connectivity index (χ0v) is 20.3. The van der Waals surface area contributed by atoms with Crippen LogP contribution in [0.15, 0.2) is 77.7 Å². The Labute approximate surface area is 200 Å². The SMILES string of the molecule is CCOc1ccc(S(=O)(=O)N(CC(=O)NC(C)c2ccc(F)cc2)Cc2ccccc2)cc1C. The molecule has 1 atom stereocenters. The standard InChI is InChI=1S/C26H29FN2O4S/c1-4-33-25-15-14-24(16-19(25)2)34(31,32)29(17-21-8-6-5-7-9-21)18-26(30)28-20(3)22-10-12-23(27)13-11-22/h5-16,20H,4,17-18H2,1-3H3,(H,28,30). The van der Waals surface area contributed by atoms with Crippen molar-refractivity contribution < 1.29 is 22.3 Å². The van der Waals surface area contributed by atoms with Gasteiger partial charge in [-0.1, -0.05) is 42.5 Å². The molecule has 3 aromatic rings. The van der Waals surface area contributed by atoms with Crippen molar-refractivity contribution in [2.75, 3.05) is 13.2 Å². The molecule has 0 aromatic heterocycles. The molecular weight excluding hydrogens is 455 g/mol. The summed E-state index contributed by atoms with van der Waals surface area (Å²) >= 11 is 0. The number of hydrogen-bond acceptors (Lipinski definition) is 4. The van der Waals surface area contributed by atoms with Crippen LogP contribution in [0.4, 0.5) is 4.39 Å². The number of amides is 1. The van der Waals surface area contributed by atoms with Crippen LogP contribution in [0.3, 0.4) is 0 Å². The monoisotopic (exact) mass is 484 g/mol. The quantitative estimate of drug-likeness (QED) is 0.456. The summed E-state index contributed by atoms with van der Waals surface area (Å²) in [6.07, 6.45) is 0. The Bertz CT molecular complexity index is 1220. The predicted molar refractivity (Wildman–Crippen MR) is 129 cm³/mol. The van der Waals surface area contributed by atoms with Gasteiger partial charge in [0.25, 0.3) is 0 Å². The molecular formula is C26H29FN2O4S. The number of carbonyl (C=O) groups excluding carboxylic acids is 1. The molecule has 0 heterocycles. The Balaban J connectivity index is 1.85. The molecule has 0 aliphatic heterocycles. The summed E-state index contributed by atoms with van der Waals surface area (Å²) < 4.78 is 47.0. The second-order valence-electron chi connectivity index (χ2n) is 7.96. The lowest BCUT2D eigenvalue weighted by Gasteiger charge is -2.24. The molecule has 0 radical (unpaired) electrons. The van der Waals surface area contributed by atoms with Crippen molar-refractivity contribution >= 4 is 15.9 Å². The summed E-state index contributed by atoms with van der Waals surface area (Å²) in [4.78, 5) is 13.0. The highest BCUT2D eigenvalue weighted by molar-refractivity contribution is 7.89. The Kier molecular flexibility index (Phi) is 8.41. The highest BCUT2D eigenvalue weighted by Crippen LogP contribution is 2.25. The molecule has 8 heteroatoms. The molecule has 0 bridgehead atoms. The first-order valence-corrected chi connectivity index (χ1v) is 12.5. The third-order valence-electron chi connectivity index (χ3n) is 5.35. The van der Waals surface area contributed by atoms with E-state index in [0.717, 1.165) is 9.87 Å². The smallest absolute Gasteiger partial charge is 0.243 e. The third-order valence-corrected chi connectivity index (χ3v) is 7.14. The number of halogens is 1. The van der Waals surface area contributed by atoms with Crippen LogP contribution in [0.25, 0.3) is 0 Å². The van der Waals surface area contributed by atoms with Gasteiger partial charge in [-0.2, -0.15) is 4.31 Å². The number of ether oxygens (including phenoxy) is 1. The average Bonchev–Trinajstić information content (AvgIpc) is 2.81. The molecule has 1 amide bonds. The molecule has 180 valence electrons. The lowest BCUT2D eigenvalue weighted by atomic mass is 10.1. The Morgan fingerprint density at radius 1 is 1.06 bits per heavy atom. The van der Waals surface area contributed by atoms with E-state index < -0.39 is 22.0 Å². The molecule has 1 N–H and O–H groups in total. The Hall–Kier alpha value is -3.23. The van der Waals surface area contributed by atoms with Crippen molar-refractivity contribution in [2.45, 2.75) is 38.3 Å². The summed E-state index contributed by atoms with van der Waals surface area (Å²) in [6.45, 7) is 5.54. The van der Waals surface area contributed by atoms with Crippen LogP contribution < -0.4 is 10.1 Å². The molecule has 0 saturated carbocycles. The molecule has 0 spiro atoms. The molecule has 1 unspecified atom stereocenters. The van der Waals surface area contributed by atoms with E-state index in [4.69, 9.17) is 4.74 Å². The van der Waals surface area contributed by atoms with E-state index >= 15 is 0 Å². The molecule has 0 aliphatic rings. The zero-order chi connectivity index (χ0) is 24.7. The fraction of sp³-hybridized carbons (Fsp3) is 0.269. The molecule has 34 heavy (non-hydrogen) atoms. The fourth-order valence-electron chi connectivity index (χ4n) is 3.54. The lowest BCUT2D eigenvalue weighted by molar-refractivity contribution is -0.122. The zero-order valence-electron chi connectivity index (χ0n) is 19.5. The minimum atomic E-state index is -3.99. The summed E-state index contributed by atoms with van der Waals surface area (Å²) in [5.74, 6) is -0.214. The maximum absolute atomic E-state index is 13.6. The van der Waals surface area contributed by atoms with E-state index in [0.29, 0.717) is 23.5 Å². The minimum Gasteiger partial charge on any atom is -0.494 e. The highest BCUT2D eigenvalue weighted by atomic mass is 32.2. The van der Waals surface area contributed by atoms with E-state index in [1.54, 1.807) is 38.1 Å². The summed E-state index contributed by atoms with van der Waals surface area (Å²) in [6, 6.07) is 19.2. The van der Waals surface area contributed by atoms with Crippen LogP contribution in [0.5, 0.6) is 5.75 Å². The van der Waals surface area contributed by atoms with E-state index in [9.17, 15) is 17.6 Å². The number of nitrogens with zero attached hydrogens (tertiary/aromatic N) is 1. The highest BCUT2D eigenvalue weighted by Gasteiger charge is 2.28. The Morgan fingerprint density at radius 3 is 2.35 bits per heavy atom. The molecule has 0 saturated heterocycles. The van der Waals surface area contributed by atoms with Crippen molar-refractivity contribution in [3.05, 3.63) is 95.3 Å². The van der Waals surface area contributed by atoms with Crippen LogP contribution in [0.1, 0.15) is 36.6 Å². The second-order valence-corrected chi connectivity index (χ2v) is 9.90. The van der Waals surface area contributed by atoms with Gasteiger partial charge in [-0.05, 0) is 67.8 Å². The van der Waals surface area contributed by atoms with Gasteiger partial charge < -0.3 is 10.1 Å². The van der Waals surface area contributed by atoms with E-state index in [-0.39, 0.29) is 23.8 Å². The summed E-state index contributed by atoms with van der Waals surface area (Å²) in [5, 5.41) is 2.81. The van der Waals surface area contributed by atoms with Crippen LogP contribution in [0.2, 0.25) is 0 Å². The molecule has 6 nitrogen and oxygen atoms in total. The number of nitrogens with one attached hydrogen (secondary N) is 1. The van der Waals surface area contributed by atoms with Crippen LogP contribution >= 0.6 is 0 Å². The van der Waals surface area contributed by atoms with Crippen LogP contribution in [0, 0.1) is 12.7 Å². The van der Waals surface area contributed by atoms with E-state index in [1.807, 2.05) is 37.3 Å². The van der Waals surface area contributed by atoms with Crippen molar-refractivity contribution in [3.8, 4) is 5.75 Å². The summed E-state index contributed by atoms with van der Waals surface area (Å²) in [7, 11) is -3.99. The molecule has 3 rings (SSSR count). The average molecular weight is 485 g/mol. The largest absolute Gasteiger partial charge is 0.494 e. The van der Waals surface area contributed by atoms with Crippen molar-refractivity contribution in [1.29, 1.82) is 0 Å². The van der Waals surface area contributed by atoms with Crippen LogP contribution in [-0.4, -0.2) is 31.8 Å². The van der Waals surface area contributed by atoms with Gasteiger partial charge in [0, 0.05) is 6.54 Å². The van der Waals surface area contributed by atoms with Gasteiger partial charge in [0.1, 0.15) is 11.6 Å². The molecule has 0 fully saturated rings. The first-order chi connectivity index (χ1) is 16.2. The van der Waals surface area contributed by atoms with Crippen molar-refractivity contribution in [1.82, 2.24) is 9.62 Å². The van der Waals surface area contributed by atoms with Gasteiger partial charge >= 0.3 is 0 Å². The maximum atomic E-state index is 13.6. The summed E-state index contributed by atoms with van der Waals surface area (Å²) in [5.41, 5.74) is 2.17. The number of carbonyl (C=O) groups is 1. The first kappa shape index (κ1) is 25.4. The topological polar surface area (TPSA) is 75.7 Å². The van der Waals surface area contributed by atoms with Crippen LogP contribution in [-0.2, 0) is 21.4 Å². The number of hydrogen-bond donors (Lipinski definition) is 1. The number of aryl methyl sites for hydroxylation is 1. The first-order valence-electron chi connectivity index (χ1n) is 11.0. The van der Waals surface area contributed by atoms with Gasteiger partial charge in [-0.15, -0.1) is 0 Å². The minimum absolute atomic E-state index is 0.0355. The van der Waals surface area contributed by atoms with E-state index in [1.165, 1.54) is 18.2 Å². The number of benzene rings is 3. The lowest BCUT2D eigenvalue weighted by Crippen LogP contribution is -2.41. The fourth-order valence-corrected chi connectivity index (χ4v) is 5.01. The van der Waals surface area contributed by atoms with Gasteiger partial charge in [-0.25, -0.2) is 12.8 Å². The van der Waals surface area contributed by atoms with E-state index in [2.05, 4.69) is 5.32 Å². The van der Waals surface area contributed by atoms with Gasteiger partial charge in [-0.3, -0.25) is 4.79 Å². The van der Waals surface area contributed by atoms with Crippen molar-refractivity contribution in [2.24, 2.45) is 0 Å². The molecule has 0 aliphatic carbocycles. The Morgan fingerprint density at radius 2 is 1.74 bits per heavy atom. The second kappa shape index (κ2) is 11.3. The van der Waals surface area contributed by atoms with Gasteiger partial charge in [0.05, 0.1) is 24.1 Å². The predicted octanol–water partition coefficient (Wildman–Crippen LogP) is 4.60. The normalized spacial score (nSPS) is 12.4. The number of rotatable bonds is 10. The third kappa shape index (κ3) is 6.42. The molecule has 3 aromatic carbocycles.